The lowest BCUT2D eigenvalue weighted by atomic mass is 9.94. The number of carbonyl (C=O) groups excluding carboxylic acids is 2. The number of amides is 1. The Morgan fingerprint density at radius 3 is 2.83 bits per heavy atom. The lowest BCUT2D eigenvalue weighted by molar-refractivity contribution is -0.146. The second-order valence-electron chi connectivity index (χ2n) is 7.62. The third-order valence-electron chi connectivity index (χ3n) is 5.36. The van der Waals surface area contributed by atoms with Crippen LogP contribution in [0.5, 0.6) is 5.75 Å². The molecule has 30 heavy (non-hydrogen) atoms. The van der Waals surface area contributed by atoms with Gasteiger partial charge in [0.25, 0.3) is 0 Å². The molecule has 2 aromatic rings. The molecule has 1 aromatic carbocycles. The van der Waals surface area contributed by atoms with E-state index in [1.54, 1.807) is 18.1 Å². The van der Waals surface area contributed by atoms with Crippen molar-refractivity contribution in [2.24, 2.45) is 5.92 Å². The van der Waals surface area contributed by atoms with Crippen molar-refractivity contribution in [3.05, 3.63) is 53.7 Å². The Labute approximate surface area is 177 Å². The number of rotatable bonds is 8. The molecule has 0 fully saturated rings. The third kappa shape index (κ3) is 5.49. The molecule has 0 N–H and O–H groups in total. The predicted octanol–water partition coefficient (Wildman–Crippen LogP) is 2.68. The van der Waals surface area contributed by atoms with Gasteiger partial charge < -0.3 is 19.3 Å². The quantitative estimate of drug-likeness (QED) is 0.491. The topological polar surface area (TPSA) is 72.0 Å². The molecule has 1 atom stereocenters. The number of benzene rings is 1. The number of fused-ring (bicyclic) bond motifs is 1. The van der Waals surface area contributed by atoms with Crippen molar-refractivity contribution < 1.29 is 19.1 Å². The summed E-state index contributed by atoms with van der Waals surface area (Å²) < 4.78 is 10.7. The SMILES string of the molecule is COC(=O)CC1Cc2ccc(OCCCN(C)c3ccccn3)cc2CN(C)C1=O. The average Bonchev–Trinajstić information content (AvgIpc) is 2.87. The van der Waals surface area contributed by atoms with Gasteiger partial charge >= 0.3 is 5.97 Å². The van der Waals surface area contributed by atoms with Crippen LogP contribution in [0.2, 0.25) is 0 Å². The molecule has 1 aromatic heterocycles. The average molecular weight is 412 g/mol. The monoisotopic (exact) mass is 411 g/mol. The van der Waals surface area contributed by atoms with Crippen LogP contribution in [0.3, 0.4) is 0 Å². The van der Waals surface area contributed by atoms with E-state index >= 15 is 0 Å². The fourth-order valence-electron chi connectivity index (χ4n) is 3.67. The number of pyridine rings is 1. The van der Waals surface area contributed by atoms with Crippen molar-refractivity contribution in [2.45, 2.75) is 25.8 Å². The lowest BCUT2D eigenvalue weighted by Gasteiger charge is -2.19. The summed E-state index contributed by atoms with van der Waals surface area (Å²) in [5.74, 6) is 0.952. The summed E-state index contributed by atoms with van der Waals surface area (Å²) in [4.78, 5) is 32.4. The molecule has 7 nitrogen and oxygen atoms in total. The van der Waals surface area contributed by atoms with Crippen LogP contribution in [0.15, 0.2) is 42.6 Å². The molecule has 0 radical (unpaired) electrons. The molecule has 160 valence electrons. The van der Waals surface area contributed by atoms with E-state index in [2.05, 4.69) is 9.88 Å². The van der Waals surface area contributed by atoms with Crippen molar-refractivity contribution in [1.82, 2.24) is 9.88 Å². The molecule has 2 heterocycles. The van der Waals surface area contributed by atoms with E-state index in [1.807, 2.05) is 43.4 Å². The Hall–Kier alpha value is -3.09. The highest BCUT2D eigenvalue weighted by molar-refractivity contribution is 5.84. The van der Waals surface area contributed by atoms with Gasteiger partial charge in [0, 0.05) is 33.4 Å². The van der Waals surface area contributed by atoms with Crippen molar-refractivity contribution in [3.63, 3.8) is 0 Å². The summed E-state index contributed by atoms with van der Waals surface area (Å²) in [6.45, 7) is 1.94. The third-order valence-corrected chi connectivity index (χ3v) is 5.36. The Morgan fingerprint density at radius 1 is 1.27 bits per heavy atom. The zero-order chi connectivity index (χ0) is 21.5. The molecule has 3 rings (SSSR count). The van der Waals surface area contributed by atoms with Gasteiger partial charge in [-0.1, -0.05) is 12.1 Å². The summed E-state index contributed by atoms with van der Waals surface area (Å²) in [6.07, 6.45) is 3.28. The van der Waals surface area contributed by atoms with E-state index in [0.29, 0.717) is 19.6 Å². The van der Waals surface area contributed by atoms with Crippen LogP contribution < -0.4 is 9.64 Å². The van der Waals surface area contributed by atoms with E-state index in [-0.39, 0.29) is 18.3 Å². The van der Waals surface area contributed by atoms with Crippen molar-refractivity contribution in [1.29, 1.82) is 0 Å². The van der Waals surface area contributed by atoms with E-state index in [4.69, 9.17) is 9.47 Å². The van der Waals surface area contributed by atoms with Gasteiger partial charge in [0.1, 0.15) is 11.6 Å². The minimum atomic E-state index is -0.391. The Balaban J connectivity index is 1.57. The Bertz CT molecular complexity index is 872. The zero-order valence-corrected chi connectivity index (χ0v) is 17.8. The van der Waals surface area contributed by atoms with Gasteiger partial charge in [0.2, 0.25) is 5.91 Å². The van der Waals surface area contributed by atoms with E-state index < -0.39 is 5.92 Å². The molecule has 0 bridgehead atoms. The molecule has 1 unspecified atom stereocenters. The minimum Gasteiger partial charge on any atom is -0.494 e. The van der Waals surface area contributed by atoms with Crippen LogP contribution in [0.25, 0.3) is 0 Å². The van der Waals surface area contributed by atoms with Crippen LogP contribution in [0, 0.1) is 5.92 Å². The van der Waals surface area contributed by atoms with Crippen LogP contribution >= 0.6 is 0 Å². The van der Waals surface area contributed by atoms with Crippen LogP contribution in [-0.4, -0.2) is 56.1 Å². The molecule has 1 aliphatic heterocycles. The number of nitrogens with zero attached hydrogens (tertiary/aromatic N) is 3. The number of methoxy groups -OCH3 is 1. The van der Waals surface area contributed by atoms with Crippen LogP contribution in [-0.2, 0) is 27.3 Å². The summed E-state index contributed by atoms with van der Waals surface area (Å²) in [7, 11) is 5.13. The highest BCUT2D eigenvalue weighted by Crippen LogP contribution is 2.27. The maximum Gasteiger partial charge on any atom is 0.306 e. The fraction of sp³-hybridized carbons (Fsp3) is 0.435. The summed E-state index contributed by atoms with van der Waals surface area (Å²) in [5.41, 5.74) is 2.13. The highest BCUT2D eigenvalue weighted by Gasteiger charge is 2.29. The van der Waals surface area contributed by atoms with Gasteiger partial charge in [-0.2, -0.15) is 0 Å². The van der Waals surface area contributed by atoms with Gasteiger partial charge in [-0.15, -0.1) is 0 Å². The second-order valence-corrected chi connectivity index (χ2v) is 7.62. The molecule has 0 saturated heterocycles. The van der Waals surface area contributed by atoms with Crippen molar-refractivity contribution in [2.75, 3.05) is 39.3 Å². The first-order valence-electron chi connectivity index (χ1n) is 10.2. The first-order valence-corrected chi connectivity index (χ1v) is 10.2. The van der Waals surface area contributed by atoms with Gasteiger partial charge in [-0.25, -0.2) is 4.98 Å². The Morgan fingerprint density at radius 2 is 2.10 bits per heavy atom. The molecule has 0 spiro atoms. The summed E-state index contributed by atoms with van der Waals surface area (Å²) in [5, 5.41) is 0. The summed E-state index contributed by atoms with van der Waals surface area (Å²) >= 11 is 0. The first kappa shape index (κ1) is 21.6. The number of carbonyl (C=O) groups is 2. The number of esters is 1. The number of aromatic nitrogens is 1. The maximum atomic E-state index is 12.6. The van der Waals surface area contributed by atoms with E-state index in [1.165, 1.54) is 7.11 Å². The van der Waals surface area contributed by atoms with Gasteiger partial charge in [0.05, 0.1) is 26.1 Å². The predicted molar refractivity (Wildman–Crippen MR) is 114 cm³/mol. The maximum absolute atomic E-state index is 12.6. The number of hydrogen-bond donors (Lipinski definition) is 0. The van der Waals surface area contributed by atoms with Gasteiger partial charge in [0.15, 0.2) is 0 Å². The summed E-state index contributed by atoms with van der Waals surface area (Å²) in [6, 6.07) is 11.8. The Kier molecular flexibility index (Phi) is 7.27. The first-order chi connectivity index (χ1) is 14.5. The molecule has 7 heteroatoms. The molecule has 0 saturated carbocycles. The minimum absolute atomic E-state index is 0.0309. The molecular formula is C23H29N3O4. The lowest BCUT2D eigenvalue weighted by Crippen LogP contribution is -2.32. The largest absolute Gasteiger partial charge is 0.494 e. The molecule has 1 aliphatic rings. The molecule has 0 aliphatic carbocycles. The smallest absolute Gasteiger partial charge is 0.306 e. The van der Waals surface area contributed by atoms with Crippen molar-refractivity contribution in [3.8, 4) is 5.75 Å². The number of ether oxygens (including phenoxy) is 2. The molecule has 1 amide bonds. The second kappa shape index (κ2) is 10.1. The normalized spacial score (nSPS) is 15.9. The van der Waals surface area contributed by atoms with Gasteiger partial charge in [-0.3, -0.25) is 9.59 Å². The van der Waals surface area contributed by atoms with E-state index in [0.717, 1.165) is 35.7 Å². The fourth-order valence-corrected chi connectivity index (χ4v) is 3.67. The zero-order valence-electron chi connectivity index (χ0n) is 17.8. The highest BCUT2D eigenvalue weighted by atomic mass is 16.5. The van der Waals surface area contributed by atoms with Crippen LogP contribution in [0.1, 0.15) is 24.0 Å². The number of hydrogen-bond acceptors (Lipinski definition) is 6. The standard InChI is InChI=1S/C23H29N3O4/c1-25(21-7-4-5-10-24-21)11-6-12-30-20-9-8-17-13-18(15-22(27)29-3)23(28)26(2)16-19(17)14-20/h4-5,7-10,14,18H,6,11-13,15-16H2,1-3H3. The number of anilines is 1. The van der Waals surface area contributed by atoms with Gasteiger partial charge in [-0.05, 0) is 48.2 Å². The van der Waals surface area contributed by atoms with Crippen LogP contribution in [0.4, 0.5) is 5.82 Å². The van der Waals surface area contributed by atoms with E-state index in [9.17, 15) is 9.59 Å². The van der Waals surface area contributed by atoms with Crippen molar-refractivity contribution >= 4 is 17.7 Å². The molecular weight excluding hydrogens is 382 g/mol.